The normalized spacial score (nSPS) is 17.2. The van der Waals surface area contributed by atoms with Crippen LogP contribution in [0.1, 0.15) is 24.6 Å². The molecule has 3 heterocycles. The lowest BCUT2D eigenvalue weighted by atomic mass is 10.0. The molecule has 2 aromatic heterocycles. The fraction of sp³-hybridized carbons (Fsp3) is 0.364. The molecule has 0 bridgehead atoms. The van der Waals surface area contributed by atoms with Gasteiger partial charge in [-0.3, -0.25) is 0 Å². The van der Waals surface area contributed by atoms with Crippen molar-refractivity contribution in [2.75, 3.05) is 42.3 Å². The number of nitrogens with one attached hydrogen (secondary N) is 3. The maximum atomic E-state index is 11.5. The number of carbonyl (C=O) groups excluding carboxylic acids is 1. The molecule has 0 aliphatic carbocycles. The number of nitriles is 2. The Bertz CT molecular complexity index is 1380. The quantitative estimate of drug-likeness (QED) is 0.381. The van der Waals surface area contributed by atoms with Gasteiger partial charge in [-0.25, -0.2) is 9.78 Å². The minimum Gasteiger partial charge on any atom is -0.453 e. The molecule has 0 radical (unpaired) electrons. The number of aromatic nitrogens is 4. The molecular weight excluding hydrogens is 488 g/mol. The summed E-state index contributed by atoms with van der Waals surface area (Å²) >= 11 is 6.74. The molecule has 0 spiro atoms. The van der Waals surface area contributed by atoms with E-state index in [1.165, 1.54) is 17.8 Å². The number of amides is 1. The van der Waals surface area contributed by atoms with Crippen LogP contribution in [-0.4, -0.2) is 69.7 Å². The van der Waals surface area contributed by atoms with E-state index in [4.69, 9.17) is 11.6 Å². The lowest BCUT2D eigenvalue weighted by Gasteiger charge is -2.38. The van der Waals surface area contributed by atoms with Gasteiger partial charge < -0.3 is 30.7 Å². The van der Waals surface area contributed by atoms with Crippen molar-refractivity contribution in [1.82, 2.24) is 24.9 Å². The summed E-state index contributed by atoms with van der Waals surface area (Å²) in [5, 5.41) is 43.0. The first-order valence-electron chi connectivity index (χ1n) is 11.1. The number of aliphatic hydroxyl groups is 1. The third kappa shape index (κ3) is 4.88. The third-order valence-electron chi connectivity index (χ3n) is 5.66. The number of fused-ring (bicyclic) bond motifs is 1. The Morgan fingerprint density at radius 2 is 2.17 bits per heavy atom. The summed E-state index contributed by atoms with van der Waals surface area (Å²) in [6.07, 6.45) is 0.347. The second kappa shape index (κ2) is 10.5. The summed E-state index contributed by atoms with van der Waals surface area (Å²) in [4.78, 5) is 22.0. The lowest BCUT2D eigenvalue weighted by molar-refractivity contribution is 0.103. The first kappa shape index (κ1) is 24.8. The SMILES string of the molecule is CCNc1nc(Nc2cc(C#N)cc(N3CC[C@H](NC(=O)OC)[C@@H](O)C3)c2Cl)nn2c(C#N)cnc12. The Morgan fingerprint density at radius 3 is 2.83 bits per heavy atom. The van der Waals surface area contributed by atoms with Crippen LogP contribution in [0.2, 0.25) is 5.02 Å². The van der Waals surface area contributed by atoms with Crippen molar-refractivity contribution in [2.45, 2.75) is 25.5 Å². The van der Waals surface area contributed by atoms with Gasteiger partial charge in [-0.2, -0.15) is 20.0 Å². The Kier molecular flexibility index (Phi) is 7.24. The summed E-state index contributed by atoms with van der Waals surface area (Å²) in [7, 11) is 1.26. The van der Waals surface area contributed by atoms with Gasteiger partial charge in [-0.15, -0.1) is 5.10 Å². The Morgan fingerprint density at radius 1 is 1.36 bits per heavy atom. The molecule has 1 saturated heterocycles. The number of imidazole rings is 1. The van der Waals surface area contributed by atoms with E-state index in [2.05, 4.69) is 41.8 Å². The van der Waals surface area contributed by atoms with E-state index < -0.39 is 18.2 Å². The van der Waals surface area contributed by atoms with Gasteiger partial charge >= 0.3 is 6.09 Å². The summed E-state index contributed by atoms with van der Waals surface area (Å²) in [5.41, 5.74) is 1.85. The Hall–Kier alpha value is -4.33. The average Bonchev–Trinajstić information content (AvgIpc) is 3.30. The molecule has 13 nitrogen and oxygen atoms in total. The number of hydrogen-bond donors (Lipinski definition) is 4. The minimum atomic E-state index is -0.880. The molecule has 1 amide bonds. The number of ether oxygens (including phenoxy) is 1. The number of halogens is 1. The van der Waals surface area contributed by atoms with Gasteiger partial charge in [-0.1, -0.05) is 11.6 Å². The van der Waals surface area contributed by atoms with E-state index in [0.29, 0.717) is 52.9 Å². The van der Waals surface area contributed by atoms with Crippen molar-refractivity contribution in [1.29, 1.82) is 10.5 Å². The van der Waals surface area contributed by atoms with Gasteiger partial charge in [0.2, 0.25) is 5.95 Å². The van der Waals surface area contributed by atoms with E-state index in [9.17, 15) is 20.4 Å². The Labute approximate surface area is 211 Å². The fourth-order valence-electron chi connectivity index (χ4n) is 3.94. The van der Waals surface area contributed by atoms with Crippen molar-refractivity contribution >= 4 is 46.5 Å². The number of nitrogens with zero attached hydrogens (tertiary/aromatic N) is 7. The molecule has 3 aromatic rings. The molecule has 1 aromatic carbocycles. The van der Waals surface area contributed by atoms with Gasteiger partial charge in [0.1, 0.15) is 6.07 Å². The van der Waals surface area contributed by atoms with E-state index >= 15 is 0 Å². The molecule has 1 aliphatic rings. The molecule has 2 atom stereocenters. The highest BCUT2D eigenvalue weighted by Crippen LogP contribution is 2.37. The van der Waals surface area contributed by atoms with Crippen LogP contribution >= 0.6 is 11.6 Å². The largest absolute Gasteiger partial charge is 0.453 e. The number of piperidine rings is 1. The van der Waals surface area contributed by atoms with Crippen LogP contribution in [-0.2, 0) is 4.74 Å². The molecule has 4 N–H and O–H groups in total. The van der Waals surface area contributed by atoms with Gasteiger partial charge in [0.05, 0.1) is 53.5 Å². The third-order valence-corrected chi connectivity index (χ3v) is 6.06. The first-order chi connectivity index (χ1) is 17.4. The zero-order valence-corrected chi connectivity index (χ0v) is 20.2. The van der Waals surface area contributed by atoms with Crippen molar-refractivity contribution in [3.63, 3.8) is 0 Å². The standard InChI is InChI=1S/C22H23ClN10O3/c1-3-26-19-20-27-10-13(9-25)33(20)31-21(30-19)28-15-6-12(8-24)7-16(18(15)23)32-5-4-14(17(34)11-32)29-22(35)36-2/h6-7,10,14,17,34H,3-5,11H2,1-2H3,(H,29,35)(H2,26,28,30,31)/t14-,17-/m0/s1. The summed E-state index contributed by atoms with van der Waals surface area (Å²) in [6.45, 7) is 3.11. The monoisotopic (exact) mass is 510 g/mol. The summed E-state index contributed by atoms with van der Waals surface area (Å²) in [6, 6.07) is 6.87. The highest BCUT2D eigenvalue weighted by Gasteiger charge is 2.31. The smallest absolute Gasteiger partial charge is 0.407 e. The highest BCUT2D eigenvalue weighted by atomic mass is 35.5. The summed E-state index contributed by atoms with van der Waals surface area (Å²) < 4.78 is 5.98. The maximum absolute atomic E-state index is 11.5. The second-order valence-electron chi connectivity index (χ2n) is 7.94. The van der Waals surface area contributed by atoms with Crippen molar-refractivity contribution < 1.29 is 14.6 Å². The average molecular weight is 511 g/mol. The van der Waals surface area contributed by atoms with Crippen LogP contribution in [0.25, 0.3) is 5.65 Å². The van der Waals surface area contributed by atoms with Crippen LogP contribution in [0.3, 0.4) is 0 Å². The van der Waals surface area contributed by atoms with E-state index in [-0.39, 0.29) is 18.2 Å². The van der Waals surface area contributed by atoms with Crippen LogP contribution in [0.5, 0.6) is 0 Å². The van der Waals surface area contributed by atoms with E-state index in [0.717, 1.165) is 0 Å². The molecule has 186 valence electrons. The van der Waals surface area contributed by atoms with Crippen LogP contribution in [0.15, 0.2) is 18.3 Å². The predicted octanol–water partition coefficient (Wildman–Crippen LogP) is 1.99. The number of β-amino-alcohol motifs (C(OH)–C–C–N with tert-alkyl or cyclic N) is 1. The Balaban J connectivity index is 1.66. The summed E-state index contributed by atoms with van der Waals surface area (Å²) in [5.74, 6) is 0.560. The van der Waals surface area contributed by atoms with Gasteiger partial charge in [0.25, 0.3) is 0 Å². The molecule has 36 heavy (non-hydrogen) atoms. The van der Waals surface area contributed by atoms with E-state index in [1.807, 2.05) is 17.9 Å². The number of hydrogen-bond acceptors (Lipinski definition) is 11. The number of rotatable bonds is 6. The molecule has 0 saturated carbocycles. The van der Waals surface area contributed by atoms with Gasteiger partial charge in [0.15, 0.2) is 17.2 Å². The first-order valence-corrected chi connectivity index (χ1v) is 11.4. The maximum Gasteiger partial charge on any atom is 0.407 e. The number of benzene rings is 1. The fourth-order valence-corrected chi connectivity index (χ4v) is 4.22. The van der Waals surface area contributed by atoms with Gasteiger partial charge in [-0.05, 0) is 25.5 Å². The number of alkyl carbamates (subject to hydrolysis) is 1. The van der Waals surface area contributed by atoms with Crippen molar-refractivity contribution in [2.24, 2.45) is 0 Å². The number of anilines is 4. The molecular formula is C22H23ClN10O3. The number of carbonyl (C=O) groups is 1. The van der Waals surface area contributed by atoms with Crippen LogP contribution in [0.4, 0.5) is 27.9 Å². The van der Waals surface area contributed by atoms with Crippen molar-refractivity contribution in [3.05, 3.63) is 34.6 Å². The lowest BCUT2D eigenvalue weighted by Crippen LogP contribution is -2.54. The highest BCUT2D eigenvalue weighted by molar-refractivity contribution is 6.36. The number of methoxy groups -OCH3 is 1. The number of aliphatic hydroxyl groups excluding tert-OH is 1. The second-order valence-corrected chi connectivity index (χ2v) is 8.32. The molecule has 1 aliphatic heterocycles. The molecule has 4 rings (SSSR count). The van der Waals surface area contributed by atoms with E-state index in [1.54, 1.807) is 12.1 Å². The molecule has 14 heteroatoms. The van der Waals surface area contributed by atoms with Gasteiger partial charge in [0, 0.05) is 19.6 Å². The topological polar surface area (TPSA) is 177 Å². The predicted molar refractivity (Wildman–Crippen MR) is 131 cm³/mol. The molecule has 1 fully saturated rings. The zero-order chi connectivity index (χ0) is 25.8. The molecule has 0 unspecified atom stereocenters. The van der Waals surface area contributed by atoms with Crippen LogP contribution < -0.4 is 20.9 Å². The van der Waals surface area contributed by atoms with Crippen molar-refractivity contribution in [3.8, 4) is 12.1 Å². The van der Waals surface area contributed by atoms with Crippen LogP contribution in [0, 0.1) is 22.7 Å². The minimum absolute atomic E-state index is 0.136. The zero-order valence-electron chi connectivity index (χ0n) is 19.5.